The van der Waals surface area contributed by atoms with Gasteiger partial charge in [-0.15, -0.1) is 0 Å². The molecule has 0 unspecified atom stereocenters. The Balaban J connectivity index is 1.92. The van der Waals surface area contributed by atoms with Crippen LogP contribution in [-0.2, 0) is 29.9 Å². The normalized spacial score (nSPS) is 20.6. The summed E-state index contributed by atoms with van der Waals surface area (Å²) >= 11 is 0. The molecule has 0 bridgehead atoms. The molecular weight excluding hydrogens is 500 g/mol. The Kier molecular flexibility index (Phi) is 7.61. The number of aliphatic hydroxyl groups excluding tert-OH is 1. The van der Waals surface area contributed by atoms with E-state index in [9.17, 15) is 30.4 Å². The summed E-state index contributed by atoms with van der Waals surface area (Å²) in [5.74, 6) is -1.09. The van der Waals surface area contributed by atoms with Gasteiger partial charge in [-0.05, 0) is 51.0 Å². The second kappa shape index (κ2) is 9.67. The Morgan fingerprint density at radius 3 is 1.91 bits per heavy atom. The van der Waals surface area contributed by atoms with E-state index >= 15 is 0 Å². The average molecular weight is 531 g/mol. The first-order valence-electron chi connectivity index (χ1n) is 10.7. The van der Waals surface area contributed by atoms with E-state index in [1.54, 1.807) is 38.1 Å². The van der Waals surface area contributed by atoms with Gasteiger partial charge in [0.15, 0.2) is 9.84 Å². The van der Waals surface area contributed by atoms with Crippen molar-refractivity contribution in [3.8, 4) is 0 Å². The van der Waals surface area contributed by atoms with E-state index in [1.165, 1.54) is 12.1 Å². The fourth-order valence-corrected chi connectivity index (χ4v) is 9.24. The SMILES string of the molecule is Cc1ccc(S(=O)(=O)NCCN([C@@H]2CS(=O)(=O)C[C@@H]2O)S(=O)(=O)c2ccc(C)cc2C)c(C)c1. The van der Waals surface area contributed by atoms with Gasteiger partial charge in [0.25, 0.3) is 0 Å². The third kappa shape index (κ3) is 5.69. The summed E-state index contributed by atoms with van der Waals surface area (Å²) in [6.45, 7) is 6.30. The molecule has 1 heterocycles. The van der Waals surface area contributed by atoms with Crippen LogP contribution in [0, 0.1) is 27.7 Å². The average Bonchev–Trinajstić information content (AvgIpc) is 2.96. The third-order valence-corrected chi connectivity index (χ3v) is 11.2. The van der Waals surface area contributed by atoms with Gasteiger partial charge in [0, 0.05) is 13.1 Å². The van der Waals surface area contributed by atoms with Gasteiger partial charge >= 0.3 is 0 Å². The first-order chi connectivity index (χ1) is 15.6. The Morgan fingerprint density at radius 1 is 0.912 bits per heavy atom. The molecule has 3 rings (SSSR count). The van der Waals surface area contributed by atoms with E-state index < -0.39 is 53.5 Å². The minimum atomic E-state index is -4.24. The molecular formula is C22H30N2O7S3. The number of aryl methyl sites for hydroxylation is 4. The molecule has 0 spiro atoms. The number of sulfonamides is 2. The maximum absolute atomic E-state index is 13.6. The molecule has 0 aliphatic carbocycles. The van der Waals surface area contributed by atoms with Crippen molar-refractivity contribution in [3.05, 3.63) is 58.7 Å². The van der Waals surface area contributed by atoms with Crippen LogP contribution in [-0.4, -0.2) is 71.4 Å². The summed E-state index contributed by atoms with van der Waals surface area (Å²) < 4.78 is 80.3. The van der Waals surface area contributed by atoms with E-state index in [1.807, 2.05) is 13.8 Å². The van der Waals surface area contributed by atoms with Gasteiger partial charge in [-0.3, -0.25) is 0 Å². The van der Waals surface area contributed by atoms with Crippen LogP contribution in [0.15, 0.2) is 46.2 Å². The minimum absolute atomic E-state index is 0.0214. The molecule has 2 N–H and O–H groups in total. The minimum Gasteiger partial charge on any atom is -0.390 e. The number of nitrogens with zero attached hydrogens (tertiary/aromatic N) is 1. The first-order valence-corrected chi connectivity index (χ1v) is 15.4. The predicted molar refractivity (Wildman–Crippen MR) is 129 cm³/mol. The first kappa shape index (κ1) is 26.8. The molecule has 1 fully saturated rings. The summed E-state index contributed by atoms with van der Waals surface area (Å²) in [5.41, 5.74) is 2.77. The Morgan fingerprint density at radius 2 is 1.44 bits per heavy atom. The van der Waals surface area contributed by atoms with Crippen LogP contribution in [0.25, 0.3) is 0 Å². The van der Waals surface area contributed by atoms with Crippen molar-refractivity contribution in [2.24, 2.45) is 0 Å². The summed E-state index contributed by atoms with van der Waals surface area (Å²) in [4.78, 5) is 0.0530. The third-order valence-electron chi connectivity index (χ3n) is 5.82. The van der Waals surface area contributed by atoms with Gasteiger partial charge < -0.3 is 5.11 Å². The zero-order valence-electron chi connectivity index (χ0n) is 19.5. The lowest BCUT2D eigenvalue weighted by Crippen LogP contribution is -2.49. The van der Waals surface area contributed by atoms with Gasteiger partial charge in [0.05, 0.1) is 33.4 Å². The summed E-state index contributed by atoms with van der Waals surface area (Å²) in [6.07, 6.45) is -1.42. The molecule has 0 saturated carbocycles. The molecule has 2 atom stereocenters. The number of aliphatic hydroxyl groups is 1. The van der Waals surface area contributed by atoms with Crippen LogP contribution in [0.4, 0.5) is 0 Å². The highest BCUT2D eigenvalue weighted by Crippen LogP contribution is 2.27. The Bertz CT molecular complexity index is 1400. The van der Waals surface area contributed by atoms with Gasteiger partial charge in [-0.2, -0.15) is 4.31 Å². The summed E-state index contributed by atoms with van der Waals surface area (Å²) in [6, 6.07) is 8.40. The van der Waals surface area contributed by atoms with E-state index in [4.69, 9.17) is 0 Å². The predicted octanol–water partition coefficient (Wildman–Crippen LogP) is 1.05. The van der Waals surface area contributed by atoms with Crippen LogP contribution < -0.4 is 4.72 Å². The lowest BCUT2D eigenvalue weighted by atomic mass is 10.2. The second-order valence-electron chi connectivity index (χ2n) is 8.76. The van der Waals surface area contributed by atoms with Crippen LogP contribution in [0.3, 0.4) is 0 Å². The number of sulfone groups is 1. The van der Waals surface area contributed by atoms with Crippen molar-refractivity contribution in [2.75, 3.05) is 24.6 Å². The van der Waals surface area contributed by atoms with Gasteiger partial charge in [-0.25, -0.2) is 30.0 Å². The van der Waals surface area contributed by atoms with Crippen molar-refractivity contribution in [2.45, 2.75) is 49.6 Å². The molecule has 2 aromatic rings. The maximum Gasteiger partial charge on any atom is 0.243 e. The molecule has 0 aromatic heterocycles. The zero-order valence-corrected chi connectivity index (χ0v) is 22.0. The quantitative estimate of drug-likeness (QED) is 0.520. The van der Waals surface area contributed by atoms with Crippen molar-refractivity contribution in [3.63, 3.8) is 0 Å². The molecule has 1 aliphatic heterocycles. The molecule has 0 radical (unpaired) electrons. The van der Waals surface area contributed by atoms with Crippen molar-refractivity contribution >= 4 is 29.9 Å². The zero-order chi connectivity index (χ0) is 25.5. The highest BCUT2D eigenvalue weighted by Gasteiger charge is 2.45. The second-order valence-corrected chi connectivity index (χ2v) is 14.5. The maximum atomic E-state index is 13.6. The van der Waals surface area contributed by atoms with E-state index in [0.717, 1.165) is 15.4 Å². The molecule has 188 valence electrons. The summed E-state index contributed by atoms with van der Waals surface area (Å²) in [5, 5.41) is 10.4. The fraction of sp³-hybridized carbons (Fsp3) is 0.455. The lowest BCUT2D eigenvalue weighted by Gasteiger charge is -2.30. The van der Waals surface area contributed by atoms with Crippen molar-refractivity contribution in [1.82, 2.24) is 9.03 Å². The van der Waals surface area contributed by atoms with Crippen LogP contribution in [0.1, 0.15) is 22.3 Å². The molecule has 12 heteroatoms. The highest BCUT2D eigenvalue weighted by atomic mass is 32.2. The van der Waals surface area contributed by atoms with E-state index in [0.29, 0.717) is 11.1 Å². The van der Waals surface area contributed by atoms with Crippen LogP contribution in [0.2, 0.25) is 0 Å². The van der Waals surface area contributed by atoms with E-state index in [2.05, 4.69) is 4.72 Å². The van der Waals surface area contributed by atoms with Crippen molar-refractivity contribution in [1.29, 1.82) is 0 Å². The highest BCUT2D eigenvalue weighted by molar-refractivity contribution is 7.92. The molecule has 1 aliphatic rings. The van der Waals surface area contributed by atoms with E-state index in [-0.39, 0.29) is 22.9 Å². The number of benzene rings is 2. The standard InChI is InChI=1S/C22H30N2O7S3/c1-15-5-7-21(17(3)11-15)33(28,29)23-9-10-24(19-13-32(26,27)14-20(19)25)34(30,31)22-8-6-16(2)12-18(22)4/h5-8,11-12,19-20,23,25H,9-10,13-14H2,1-4H3/t19-,20+/m1/s1. The molecule has 9 nitrogen and oxygen atoms in total. The lowest BCUT2D eigenvalue weighted by molar-refractivity contribution is 0.128. The number of hydrogen-bond acceptors (Lipinski definition) is 7. The van der Waals surface area contributed by atoms with Crippen LogP contribution in [0.5, 0.6) is 0 Å². The van der Waals surface area contributed by atoms with Gasteiger partial charge in [0.1, 0.15) is 0 Å². The fourth-order valence-electron chi connectivity index (χ4n) is 4.23. The van der Waals surface area contributed by atoms with Gasteiger partial charge in [0.2, 0.25) is 20.0 Å². The summed E-state index contributed by atoms with van der Waals surface area (Å²) in [7, 11) is -11.8. The number of hydrogen-bond donors (Lipinski definition) is 2. The van der Waals surface area contributed by atoms with Gasteiger partial charge in [-0.1, -0.05) is 35.4 Å². The number of rotatable bonds is 8. The van der Waals surface area contributed by atoms with Crippen LogP contribution >= 0.6 is 0 Å². The number of nitrogens with one attached hydrogen (secondary N) is 1. The van der Waals surface area contributed by atoms with Crippen molar-refractivity contribution < 1.29 is 30.4 Å². The Labute approximate surface area is 201 Å². The molecule has 34 heavy (non-hydrogen) atoms. The monoisotopic (exact) mass is 530 g/mol. The molecule has 1 saturated heterocycles. The topological polar surface area (TPSA) is 138 Å². The Hall–Kier alpha value is -1.83. The largest absolute Gasteiger partial charge is 0.390 e. The molecule has 0 amide bonds. The molecule has 2 aromatic carbocycles. The smallest absolute Gasteiger partial charge is 0.243 e.